The SMILES string of the molecule is CC[C@@H](C)c1ccccc1NC(=O)[C@H](C)[NH+](C)Cc1ccccc1C. The first-order valence-electron chi connectivity index (χ1n) is 9.20. The van der Waals surface area contributed by atoms with Crippen LogP contribution in [0.1, 0.15) is 49.8 Å². The molecule has 0 aliphatic carbocycles. The highest BCUT2D eigenvalue weighted by atomic mass is 16.2. The van der Waals surface area contributed by atoms with Gasteiger partial charge in [0.15, 0.2) is 6.04 Å². The van der Waals surface area contributed by atoms with Crippen molar-refractivity contribution < 1.29 is 9.69 Å². The number of rotatable bonds is 7. The summed E-state index contributed by atoms with van der Waals surface area (Å²) in [4.78, 5) is 13.9. The van der Waals surface area contributed by atoms with E-state index in [-0.39, 0.29) is 11.9 Å². The monoisotopic (exact) mass is 339 g/mol. The molecule has 0 aliphatic heterocycles. The molecule has 0 spiro atoms. The lowest BCUT2D eigenvalue weighted by molar-refractivity contribution is -0.907. The van der Waals surface area contributed by atoms with Gasteiger partial charge in [0.05, 0.1) is 7.05 Å². The molecule has 0 heterocycles. The van der Waals surface area contributed by atoms with Gasteiger partial charge in [-0.25, -0.2) is 0 Å². The van der Waals surface area contributed by atoms with Gasteiger partial charge in [0.25, 0.3) is 5.91 Å². The largest absolute Gasteiger partial charge is 0.324 e. The molecular formula is C22H31N2O+. The van der Waals surface area contributed by atoms with Gasteiger partial charge < -0.3 is 10.2 Å². The second-order valence-corrected chi connectivity index (χ2v) is 7.06. The molecule has 3 heteroatoms. The van der Waals surface area contributed by atoms with E-state index >= 15 is 0 Å². The van der Waals surface area contributed by atoms with Crippen LogP contribution in [0.2, 0.25) is 0 Å². The van der Waals surface area contributed by atoms with Gasteiger partial charge in [-0.3, -0.25) is 4.79 Å². The average molecular weight is 340 g/mol. The second-order valence-electron chi connectivity index (χ2n) is 7.06. The molecule has 0 radical (unpaired) electrons. The van der Waals surface area contributed by atoms with Crippen LogP contribution in [0.3, 0.4) is 0 Å². The van der Waals surface area contributed by atoms with Crippen LogP contribution < -0.4 is 10.2 Å². The Kier molecular flexibility index (Phi) is 6.77. The molecule has 1 unspecified atom stereocenters. The van der Waals surface area contributed by atoms with Gasteiger partial charge in [-0.05, 0) is 43.4 Å². The molecule has 0 aromatic heterocycles. The summed E-state index contributed by atoms with van der Waals surface area (Å²) in [5, 5.41) is 3.15. The van der Waals surface area contributed by atoms with E-state index < -0.39 is 0 Å². The number of likely N-dealkylation sites (N-methyl/N-ethyl adjacent to an activating group) is 1. The minimum atomic E-state index is -0.121. The van der Waals surface area contributed by atoms with Crippen molar-refractivity contribution in [2.24, 2.45) is 0 Å². The molecule has 2 rings (SSSR count). The highest BCUT2D eigenvalue weighted by Gasteiger charge is 2.23. The molecule has 2 aromatic rings. The summed E-state index contributed by atoms with van der Waals surface area (Å²) in [6.07, 6.45) is 1.06. The Hall–Kier alpha value is -2.13. The molecule has 0 saturated carbocycles. The topological polar surface area (TPSA) is 33.5 Å². The maximum atomic E-state index is 12.8. The van der Waals surface area contributed by atoms with Gasteiger partial charge in [-0.2, -0.15) is 0 Å². The fourth-order valence-corrected chi connectivity index (χ4v) is 2.99. The Morgan fingerprint density at radius 1 is 1.08 bits per heavy atom. The van der Waals surface area contributed by atoms with Gasteiger partial charge in [-0.15, -0.1) is 0 Å². The van der Waals surface area contributed by atoms with Gasteiger partial charge in [0.2, 0.25) is 0 Å². The third-order valence-corrected chi connectivity index (χ3v) is 5.22. The van der Waals surface area contributed by atoms with Crippen molar-refractivity contribution in [3.8, 4) is 0 Å². The highest BCUT2D eigenvalue weighted by Crippen LogP contribution is 2.26. The predicted molar refractivity (Wildman–Crippen MR) is 105 cm³/mol. The van der Waals surface area contributed by atoms with E-state index in [1.807, 2.05) is 25.1 Å². The lowest BCUT2D eigenvalue weighted by atomic mass is 9.97. The van der Waals surface area contributed by atoms with Crippen LogP contribution in [0.4, 0.5) is 5.69 Å². The van der Waals surface area contributed by atoms with E-state index in [1.54, 1.807) is 0 Å². The molecule has 0 bridgehead atoms. The molecule has 0 saturated heterocycles. The summed E-state index contributed by atoms with van der Waals surface area (Å²) < 4.78 is 0. The average Bonchev–Trinajstić information content (AvgIpc) is 2.62. The molecule has 3 atom stereocenters. The van der Waals surface area contributed by atoms with Crippen LogP contribution in [-0.2, 0) is 11.3 Å². The molecule has 0 aliphatic rings. The van der Waals surface area contributed by atoms with Crippen LogP contribution in [0.5, 0.6) is 0 Å². The lowest BCUT2D eigenvalue weighted by Gasteiger charge is -2.23. The fourth-order valence-electron chi connectivity index (χ4n) is 2.99. The van der Waals surface area contributed by atoms with E-state index in [4.69, 9.17) is 0 Å². The van der Waals surface area contributed by atoms with Crippen molar-refractivity contribution in [1.29, 1.82) is 0 Å². The van der Waals surface area contributed by atoms with Crippen molar-refractivity contribution in [1.82, 2.24) is 0 Å². The maximum absolute atomic E-state index is 12.8. The summed E-state index contributed by atoms with van der Waals surface area (Å²) >= 11 is 0. The first kappa shape index (κ1) is 19.2. The Morgan fingerprint density at radius 3 is 2.40 bits per heavy atom. The smallest absolute Gasteiger partial charge is 0.282 e. The minimum absolute atomic E-state index is 0.0711. The molecule has 2 N–H and O–H groups in total. The summed E-state index contributed by atoms with van der Waals surface area (Å²) in [5.74, 6) is 0.505. The molecule has 2 aromatic carbocycles. The molecule has 134 valence electrons. The van der Waals surface area contributed by atoms with Crippen molar-refractivity contribution in [3.05, 3.63) is 65.2 Å². The number of quaternary nitrogens is 1. The Bertz CT molecular complexity index is 711. The molecule has 0 fully saturated rings. The predicted octanol–water partition coefficient (Wildman–Crippen LogP) is 3.55. The van der Waals surface area contributed by atoms with Crippen LogP contribution in [0.15, 0.2) is 48.5 Å². The summed E-state index contributed by atoms with van der Waals surface area (Å²) in [5.41, 5.74) is 4.72. The third kappa shape index (κ3) is 4.93. The quantitative estimate of drug-likeness (QED) is 0.795. The lowest BCUT2D eigenvalue weighted by Crippen LogP contribution is -3.12. The van der Waals surface area contributed by atoms with Crippen LogP contribution in [0, 0.1) is 6.92 Å². The molecule has 1 amide bonds. The highest BCUT2D eigenvalue weighted by molar-refractivity contribution is 5.94. The summed E-state index contributed by atoms with van der Waals surface area (Å²) in [7, 11) is 2.08. The van der Waals surface area contributed by atoms with Gasteiger partial charge in [0.1, 0.15) is 6.54 Å². The van der Waals surface area contributed by atoms with Gasteiger partial charge in [0, 0.05) is 11.3 Å². The number of amides is 1. The number of aryl methyl sites for hydroxylation is 1. The normalized spacial score (nSPS) is 14.6. The molecule has 25 heavy (non-hydrogen) atoms. The summed E-state index contributed by atoms with van der Waals surface area (Å²) in [6.45, 7) is 9.33. The van der Waals surface area contributed by atoms with Crippen LogP contribution >= 0.6 is 0 Å². The van der Waals surface area contributed by atoms with Gasteiger partial charge >= 0.3 is 0 Å². The first-order valence-corrected chi connectivity index (χ1v) is 9.20. The van der Waals surface area contributed by atoms with Crippen molar-refractivity contribution in [2.45, 2.75) is 52.6 Å². The van der Waals surface area contributed by atoms with E-state index in [0.29, 0.717) is 5.92 Å². The zero-order chi connectivity index (χ0) is 18.4. The number of para-hydroxylation sites is 1. The number of benzene rings is 2. The standard InChI is InChI=1S/C22H30N2O/c1-6-16(2)20-13-9-10-14-21(20)23-22(25)18(4)24(5)15-19-12-8-7-11-17(19)3/h7-14,16,18H,6,15H2,1-5H3,(H,23,25)/p+1/t16-,18+/m1/s1. The van der Waals surface area contributed by atoms with Gasteiger partial charge in [-0.1, -0.05) is 56.3 Å². The van der Waals surface area contributed by atoms with Crippen molar-refractivity contribution in [2.75, 3.05) is 12.4 Å². The Morgan fingerprint density at radius 2 is 1.72 bits per heavy atom. The number of anilines is 1. The second kappa shape index (κ2) is 8.82. The number of hydrogen-bond acceptors (Lipinski definition) is 1. The third-order valence-electron chi connectivity index (χ3n) is 5.22. The summed E-state index contributed by atoms with van der Waals surface area (Å²) in [6, 6.07) is 16.4. The number of carbonyl (C=O) groups excluding carboxylic acids is 1. The molecular weight excluding hydrogens is 308 g/mol. The zero-order valence-electron chi connectivity index (χ0n) is 16.1. The Labute approximate surface area is 152 Å². The van der Waals surface area contributed by atoms with E-state index in [0.717, 1.165) is 18.7 Å². The fraction of sp³-hybridized carbons (Fsp3) is 0.409. The number of carbonyl (C=O) groups is 1. The van der Waals surface area contributed by atoms with E-state index in [1.165, 1.54) is 21.6 Å². The van der Waals surface area contributed by atoms with E-state index in [9.17, 15) is 4.79 Å². The van der Waals surface area contributed by atoms with E-state index in [2.05, 4.69) is 63.5 Å². The minimum Gasteiger partial charge on any atom is -0.324 e. The maximum Gasteiger partial charge on any atom is 0.282 e. The molecule has 3 nitrogen and oxygen atoms in total. The zero-order valence-corrected chi connectivity index (χ0v) is 16.1. The number of nitrogens with one attached hydrogen (secondary N) is 2. The van der Waals surface area contributed by atoms with Crippen LogP contribution in [-0.4, -0.2) is 19.0 Å². The Balaban J connectivity index is 2.07. The van der Waals surface area contributed by atoms with Crippen molar-refractivity contribution in [3.63, 3.8) is 0 Å². The first-order chi connectivity index (χ1) is 11.9. The number of hydrogen-bond donors (Lipinski definition) is 2. The van der Waals surface area contributed by atoms with Crippen molar-refractivity contribution >= 4 is 11.6 Å². The van der Waals surface area contributed by atoms with Crippen LogP contribution in [0.25, 0.3) is 0 Å².